The molecule has 2 N–H and O–H groups in total. The summed E-state index contributed by atoms with van der Waals surface area (Å²) >= 11 is 0. The van der Waals surface area contributed by atoms with Crippen LogP contribution in [0.5, 0.6) is 0 Å². The largest absolute Gasteiger partial charge is 0.391 e. The number of nitrogens with two attached hydrogens (primary N) is 1. The maximum absolute atomic E-state index is 13.1. The van der Waals surface area contributed by atoms with Crippen LogP contribution in [0.4, 0.5) is 22.0 Å². The smallest absolute Gasteiger partial charge is 0.323 e. The Morgan fingerprint density at radius 1 is 1.14 bits per heavy atom. The molecular weight excluding hydrogens is 291 g/mol. The number of hydrogen-bond donors (Lipinski definition) is 1. The molecule has 1 atom stereocenters. The molecule has 2 rings (SSSR count). The summed E-state index contributed by atoms with van der Waals surface area (Å²) in [5.41, 5.74) is 6.35. The number of halogens is 5. The topological polar surface area (TPSA) is 29.3 Å². The highest BCUT2D eigenvalue weighted by Gasteiger charge is 2.41. The Bertz CT molecular complexity index is 481. The van der Waals surface area contributed by atoms with Crippen molar-refractivity contribution < 1.29 is 22.0 Å². The summed E-state index contributed by atoms with van der Waals surface area (Å²) < 4.78 is 63.6. The van der Waals surface area contributed by atoms with Gasteiger partial charge >= 0.3 is 6.18 Å². The number of likely N-dealkylation sites (tertiary alicyclic amines) is 1. The van der Waals surface area contributed by atoms with Crippen LogP contribution in [-0.4, -0.2) is 30.7 Å². The van der Waals surface area contributed by atoms with Gasteiger partial charge in [0, 0.05) is 12.6 Å². The normalized spacial score (nSPS) is 19.7. The Balaban J connectivity index is 1.89. The van der Waals surface area contributed by atoms with Crippen LogP contribution in [0.3, 0.4) is 0 Å². The summed E-state index contributed by atoms with van der Waals surface area (Å²) in [5, 5.41) is 0. The third-order valence-corrected chi connectivity index (χ3v) is 3.88. The van der Waals surface area contributed by atoms with Gasteiger partial charge in [-0.25, -0.2) is 8.78 Å². The van der Waals surface area contributed by atoms with E-state index in [0.29, 0.717) is 25.2 Å². The summed E-state index contributed by atoms with van der Waals surface area (Å²) in [6.07, 6.45) is -4.05. The zero-order chi connectivity index (χ0) is 15.6. The third kappa shape index (κ3) is 4.14. The van der Waals surface area contributed by atoms with Crippen molar-refractivity contribution in [3.05, 3.63) is 35.4 Å². The van der Waals surface area contributed by atoms with Crippen molar-refractivity contribution in [1.29, 1.82) is 0 Å². The summed E-state index contributed by atoms with van der Waals surface area (Å²) in [5.74, 6) is -3.18. The van der Waals surface area contributed by atoms with Gasteiger partial charge in [-0.2, -0.15) is 13.2 Å². The molecule has 0 amide bonds. The second-order valence-electron chi connectivity index (χ2n) is 5.40. The Kier molecular flexibility index (Phi) is 4.83. The van der Waals surface area contributed by atoms with Gasteiger partial charge in [0.15, 0.2) is 11.6 Å². The first-order valence-corrected chi connectivity index (χ1v) is 6.77. The van der Waals surface area contributed by atoms with E-state index in [1.54, 1.807) is 0 Å². The summed E-state index contributed by atoms with van der Waals surface area (Å²) in [7, 11) is 0. The van der Waals surface area contributed by atoms with Crippen LogP contribution >= 0.6 is 0 Å². The molecule has 0 aromatic heterocycles. The molecule has 1 aromatic rings. The van der Waals surface area contributed by atoms with Gasteiger partial charge in [-0.05, 0) is 43.6 Å². The molecule has 118 valence electrons. The zero-order valence-electron chi connectivity index (χ0n) is 11.3. The second-order valence-corrected chi connectivity index (χ2v) is 5.40. The highest BCUT2D eigenvalue weighted by atomic mass is 19.4. The lowest BCUT2D eigenvalue weighted by Gasteiger charge is -2.34. The lowest BCUT2D eigenvalue weighted by molar-refractivity contribution is -0.185. The Hall–Kier alpha value is -1.21. The molecule has 0 aliphatic carbocycles. The minimum atomic E-state index is -4.14. The van der Waals surface area contributed by atoms with Crippen molar-refractivity contribution in [2.75, 3.05) is 19.6 Å². The first-order chi connectivity index (χ1) is 9.77. The van der Waals surface area contributed by atoms with Crippen molar-refractivity contribution in [2.45, 2.75) is 25.1 Å². The van der Waals surface area contributed by atoms with E-state index < -0.39 is 29.8 Å². The first kappa shape index (κ1) is 16.2. The minimum Gasteiger partial charge on any atom is -0.323 e. The van der Waals surface area contributed by atoms with E-state index in [1.807, 2.05) is 4.90 Å². The Morgan fingerprint density at radius 2 is 1.76 bits per heavy atom. The molecule has 0 spiro atoms. The molecule has 1 fully saturated rings. The fourth-order valence-electron chi connectivity index (χ4n) is 2.57. The fraction of sp³-hybridized carbons (Fsp3) is 0.571. The molecule has 0 radical (unpaired) electrons. The van der Waals surface area contributed by atoms with Gasteiger partial charge in [-0.3, -0.25) is 0 Å². The lowest BCUT2D eigenvalue weighted by atomic mass is 9.95. The van der Waals surface area contributed by atoms with Gasteiger partial charge in [-0.15, -0.1) is 0 Å². The van der Waals surface area contributed by atoms with Crippen molar-refractivity contribution >= 4 is 0 Å². The Morgan fingerprint density at radius 3 is 2.29 bits per heavy atom. The van der Waals surface area contributed by atoms with E-state index in [1.165, 1.54) is 6.07 Å². The average molecular weight is 308 g/mol. The van der Waals surface area contributed by atoms with Gasteiger partial charge in [0.2, 0.25) is 0 Å². The molecule has 1 aliphatic rings. The van der Waals surface area contributed by atoms with Crippen LogP contribution in [0.25, 0.3) is 0 Å². The summed E-state index contributed by atoms with van der Waals surface area (Å²) in [4.78, 5) is 1.83. The minimum absolute atomic E-state index is 0.0496. The number of piperidine rings is 1. The molecular formula is C14H17F5N2. The number of rotatable bonds is 3. The number of alkyl halides is 3. The summed E-state index contributed by atoms with van der Waals surface area (Å²) in [6.45, 7) is 0.943. The van der Waals surface area contributed by atoms with Crippen LogP contribution in [-0.2, 0) is 0 Å². The number of hydrogen-bond acceptors (Lipinski definition) is 2. The molecule has 1 saturated heterocycles. The SMILES string of the molecule is NC(CN1CCC(C(F)(F)F)CC1)c1ccc(F)c(F)c1. The van der Waals surface area contributed by atoms with Gasteiger partial charge in [-0.1, -0.05) is 6.07 Å². The standard InChI is InChI=1S/C14H17F5N2/c15-11-2-1-9(7-12(11)16)13(20)8-21-5-3-10(4-6-21)14(17,18)19/h1-2,7,10,13H,3-6,8,20H2. The molecule has 1 unspecified atom stereocenters. The van der Waals surface area contributed by atoms with Gasteiger partial charge in [0.05, 0.1) is 5.92 Å². The molecule has 21 heavy (non-hydrogen) atoms. The predicted octanol–water partition coefficient (Wildman–Crippen LogP) is 3.24. The van der Waals surface area contributed by atoms with Crippen LogP contribution in [0.2, 0.25) is 0 Å². The molecule has 1 heterocycles. The van der Waals surface area contributed by atoms with Gasteiger partial charge in [0.25, 0.3) is 0 Å². The van der Waals surface area contributed by atoms with Crippen molar-refractivity contribution in [3.8, 4) is 0 Å². The van der Waals surface area contributed by atoms with E-state index in [-0.39, 0.29) is 12.8 Å². The maximum atomic E-state index is 13.1. The predicted molar refractivity (Wildman–Crippen MR) is 68.5 cm³/mol. The summed E-state index contributed by atoms with van der Waals surface area (Å²) in [6, 6.07) is 2.87. The second kappa shape index (κ2) is 6.27. The highest BCUT2D eigenvalue weighted by Crippen LogP contribution is 2.34. The quantitative estimate of drug-likeness (QED) is 0.869. The molecule has 1 aliphatic heterocycles. The third-order valence-electron chi connectivity index (χ3n) is 3.88. The molecule has 0 bridgehead atoms. The van der Waals surface area contributed by atoms with Crippen molar-refractivity contribution in [3.63, 3.8) is 0 Å². The van der Waals surface area contributed by atoms with E-state index in [0.717, 1.165) is 12.1 Å². The molecule has 1 aromatic carbocycles. The van der Waals surface area contributed by atoms with Crippen molar-refractivity contribution in [2.24, 2.45) is 11.7 Å². The van der Waals surface area contributed by atoms with Gasteiger partial charge < -0.3 is 10.6 Å². The van der Waals surface area contributed by atoms with E-state index in [9.17, 15) is 22.0 Å². The Labute approximate surface area is 119 Å². The zero-order valence-corrected chi connectivity index (χ0v) is 11.3. The van der Waals surface area contributed by atoms with E-state index >= 15 is 0 Å². The highest BCUT2D eigenvalue weighted by molar-refractivity contribution is 5.21. The lowest BCUT2D eigenvalue weighted by Crippen LogP contribution is -2.41. The number of benzene rings is 1. The van der Waals surface area contributed by atoms with Crippen LogP contribution in [0, 0.1) is 17.6 Å². The monoisotopic (exact) mass is 308 g/mol. The average Bonchev–Trinajstić information content (AvgIpc) is 2.41. The van der Waals surface area contributed by atoms with E-state index in [4.69, 9.17) is 5.73 Å². The van der Waals surface area contributed by atoms with Gasteiger partial charge in [0.1, 0.15) is 0 Å². The van der Waals surface area contributed by atoms with Crippen LogP contribution in [0.15, 0.2) is 18.2 Å². The molecule has 2 nitrogen and oxygen atoms in total. The van der Waals surface area contributed by atoms with Crippen LogP contribution < -0.4 is 5.73 Å². The molecule has 0 saturated carbocycles. The maximum Gasteiger partial charge on any atom is 0.391 e. The first-order valence-electron chi connectivity index (χ1n) is 6.77. The number of nitrogens with zero attached hydrogens (tertiary/aromatic N) is 1. The van der Waals surface area contributed by atoms with Crippen LogP contribution in [0.1, 0.15) is 24.4 Å². The van der Waals surface area contributed by atoms with Crippen molar-refractivity contribution in [1.82, 2.24) is 4.90 Å². The van der Waals surface area contributed by atoms with E-state index in [2.05, 4.69) is 0 Å². The molecule has 7 heteroatoms. The fourth-order valence-corrected chi connectivity index (χ4v) is 2.57.